The standard InChI is InChI=1S/2C12H19N.C9H9NO2.Co/c2*1-8(2)10-6-5-7-11(9(3)4)12(10)13;1-6(11)8-4-3-5-9(10-8)7(2)12;/h2*5-10,13H,1-4H3;3-5H,1-2H3;. The van der Waals surface area contributed by atoms with E-state index in [0.29, 0.717) is 46.9 Å². The van der Waals surface area contributed by atoms with Gasteiger partial charge in [-0.05, 0) is 47.0 Å². The van der Waals surface area contributed by atoms with Crippen LogP contribution in [0, 0.1) is 46.3 Å². The molecule has 39 heavy (non-hydrogen) atoms. The van der Waals surface area contributed by atoms with Crippen molar-refractivity contribution in [3.05, 3.63) is 77.2 Å². The molecule has 2 atom stereocenters. The van der Waals surface area contributed by atoms with Gasteiger partial charge < -0.3 is 10.8 Å². The van der Waals surface area contributed by atoms with E-state index in [4.69, 9.17) is 10.8 Å². The fourth-order valence-electron chi connectivity index (χ4n) is 4.26. The molecule has 3 rings (SSSR count). The van der Waals surface area contributed by atoms with E-state index in [-0.39, 0.29) is 28.3 Å². The SMILES string of the molecule is CC(=O)c1cccc(C(C)=O)n1.CC(C)C1=CC=CC(C(C)C)C1=N.CC(C)C1=CC=CC(C(C)C)C1=N.[Co]. The third-order valence-electron chi connectivity index (χ3n) is 6.63. The van der Waals surface area contributed by atoms with Crippen molar-refractivity contribution < 1.29 is 26.4 Å². The Morgan fingerprint density at radius 3 is 1.28 bits per heavy atom. The zero-order valence-corrected chi connectivity index (χ0v) is 26.3. The van der Waals surface area contributed by atoms with Crippen molar-refractivity contribution in [3.63, 3.8) is 0 Å². The number of nitrogens with zero attached hydrogens (tertiary/aromatic N) is 1. The van der Waals surface area contributed by atoms with Gasteiger partial charge in [0.05, 0.1) is 0 Å². The molecule has 6 heteroatoms. The van der Waals surface area contributed by atoms with Crippen molar-refractivity contribution >= 4 is 23.0 Å². The fourth-order valence-corrected chi connectivity index (χ4v) is 4.26. The van der Waals surface area contributed by atoms with Gasteiger partial charge in [-0.15, -0.1) is 0 Å². The molecule has 2 N–H and O–H groups in total. The van der Waals surface area contributed by atoms with Crippen LogP contribution in [0.1, 0.15) is 90.2 Å². The largest absolute Gasteiger partial charge is 0.304 e. The molecule has 1 aromatic rings. The Labute approximate surface area is 246 Å². The van der Waals surface area contributed by atoms with Crippen molar-refractivity contribution in [2.75, 3.05) is 0 Å². The van der Waals surface area contributed by atoms with Crippen LogP contribution < -0.4 is 0 Å². The predicted molar refractivity (Wildman–Crippen MR) is 160 cm³/mol. The molecule has 0 fully saturated rings. The molecule has 0 amide bonds. The molecule has 0 spiro atoms. The zero-order valence-electron chi connectivity index (χ0n) is 25.3. The second-order valence-electron chi connectivity index (χ2n) is 11.2. The maximum Gasteiger partial charge on any atom is 0.178 e. The number of nitrogens with one attached hydrogen (secondary N) is 2. The van der Waals surface area contributed by atoms with Gasteiger partial charge in [-0.3, -0.25) is 9.59 Å². The molecule has 0 saturated heterocycles. The van der Waals surface area contributed by atoms with Crippen molar-refractivity contribution in [1.29, 1.82) is 10.8 Å². The van der Waals surface area contributed by atoms with E-state index < -0.39 is 0 Å². The second kappa shape index (κ2) is 17.1. The fraction of sp³-hybridized carbons (Fsp3) is 0.485. The Hall–Kier alpha value is -2.70. The van der Waals surface area contributed by atoms with Crippen LogP contribution in [-0.2, 0) is 16.8 Å². The Morgan fingerprint density at radius 1 is 0.692 bits per heavy atom. The average Bonchev–Trinajstić information content (AvgIpc) is 2.84. The van der Waals surface area contributed by atoms with Crippen LogP contribution in [-0.4, -0.2) is 28.0 Å². The van der Waals surface area contributed by atoms with Gasteiger partial charge in [-0.1, -0.05) is 97.9 Å². The molecule has 215 valence electrons. The van der Waals surface area contributed by atoms with E-state index in [1.165, 1.54) is 25.0 Å². The van der Waals surface area contributed by atoms with E-state index in [1.807, 2.05) is 0 Å². The maximum atomic E-state index is 10.8. The van der Waals surface area contributed by atoms with Crippen molar-refractivity contribution in [2.24, 2.45) is 35.5 Å². The number of hydrogen-bond donors (Lipinski definition) is 2. The van der Waals surface area contributed by atoms with Crippen LogP contribution in [0.25, 0.3) is 0 Å². The molecular formula is C33H47CoN3O2. The monoisotopic (exact) mass is 576 g/mol. The van der Waals surface area contributed by atoms with Gasteiger partial charge >= 0.3 is 0 Å². The van der Waals surface area contributed by atoms with Gasteiger partial charge in [0.15, 0.2) is 11.6 Å². The number of rotatable bonds is 6. The summed E-state index contributed by atoms with van der Waals surface area (Å²) in [7, 11) is 0. The van der Waals surface area contributed by atoms with Gasteiger partial charge in [0.2, 0.25) is 0 Å². The first-order valence-corrected chi connectivity index (χ1v) is 13.6. The molecular weight excluding hydrogens is 529 g/mol. The van der Waals surface area contributed by atoms with Crippen LogP contribution >= 0.6 is 0 Å². The second-order valence-corrected chi connectivity index (χ2v) is 11.2. The third-order valence-corrected chi connectivity index (χ3v) is 6.63. The smallest absolute Gasteiger partial charge is 0.178 e. The summed E-state index contributed by atoms with van der Waals surface area (Å²) in [6, 6.07) is 4.84. The first-order valence-electron chi connectivity index (χ1n) is 13.6. The van der Waals surface area contributed by atoms with E-state index in [1.54, 1.807) is 18.2 Å². The minimum absolute atomic E-state index is 0. The van der Waals surface area contributed by atoms with Crippen molar-refractivity contribution in [3.8, 4) is 0 Å². The Balaban J connectivity index is 0.000000549. The molecule has 2 unspecified atom stereocenters. The number of carbonyl (C=O) groups excluding carboxylic acids is 2. The zero-order chi connectivity index (χ0) is 29.2. The normalized spacial score (nSPS) is 18.1. The summed E-state index contributed by atoms with van der Waals surface area (Å²) >= 11 is 0. The molecule has 0 saturated carbocycles. The van der Waals surface area contributed by atoms with E-state index in [9.17, 15) is 9.59 Å². The van der Waals surface area contributed by atoms with Crippen molar-refractivity contribution in [1.82, 2.24) is 4.98 Å². The molecule has 1 aromatic heterocycles. The molecule has 0 aliphatic heterocycles. The topological polar surface area (TPSA) is 94.7 Å². The van der Waals surface area contributed by atoms with E-state index >= 15 is 0 Å². The minimum atomic E-state index is -0.127. The Kier molecular flexibility index (Phi) is 15.9. The summed E-state index contributed by atoms with van der Waals surface area (Å²) in [5.41, 5.74) is 4.69. The number of aromatic nitrogens is 1. The van der Waals surface area contributed by atoms with Gasteiger partial charge in [-0.2, -0.15) is 0 Å². The summed E-state index contributed by atoms with van der Waals surface area (Å²) in [6.07, 6.45) is 12.6. The number of ketones is 2. The van der Waals surface area contributed by atoms with Gasteiger partial charge in [0.1, 0.15) is 11.4 Å². The van der Waals surface area contributed by atoms with Crippen LogP contribution in [0.2, 0.25) is 0 Å². The predicted octanol–water partition coefficient (Wildman–Crippen LogP) is 8.35. The van der Waals surface area contributed by atoms with E-state index in [0.717, 1.165) is 11.4 Å². The average molecular weight is 577 g/mol. The number of carbonyl (C=O) groups is 2. The number of pyridine rings is 1. The van der Waals surface area contributed by atoms with Gasteiger partial charge in [0, 0.05) is 53.9 Å². The summed E-state index contributed by atoms with van der Waals surface area (Å²) in [5.74, 6) is 2.40. The quantitative estimate of drug-likeness (QED) is 0.333. The molecule has 0 aromatic carbocycles. The number of hydrogen-bond acceptors (Lipinski definition) is 5. The molecule has 5 nitrogen and oxygen atoms in total. The van der Waals surface area contributed by atoms with Gasteiger partial charge in [0.25, 0.3) is 0 Å². The third kappa shape index (κ3) is 11.1. The first-order chi connectivity index (χ1) is 17.7. The Morgan fingerprint density at radius 2 is 1.03 bits per heavy atom. The molecule has 2 aliphatic carbocycles. The number of allylic oxidation sites excluding steroid dienone is 8. The van der Waals surface area contributed by atoms with Crippen LogP contribution in [0.3, 0.4) is 0 Å². The minimum Gasteiger partial charge on any atom is -0.304 e. The van der Waals surface area contributed by atoms with Crippen molar-refractivity contribution in [2.45, 2.75) is 69.2 Å². The van der Waals surface area contributed by atoms with Crippen LogP contribution in [0.4, 0.5) is 0 Å². The summed E-state index contributed by atoms with van der Waals surface area (Å²) in [6.45, 7) is 20.1. The van der Waals surface area contributed by atoms with Crippen LogP contribution in [0.5, 0.6) is 0 Å². The van der Waals surface area contributed by atoms with E-state index in [2.05, 4.69) is 96.8 Å². The molecule has 2 aliphatic rings. The maximum absolute atomic E-state index is 10.8. The number of Topliss-reactive ketones (excluding diaryl/α,β-unsaturated/α-hetero) is 2. The van der Waals surface area contributed by atoms with Crippen LogP contribution in [0.15, 0.2) is 65.8 Å². The summed E-state index contributed by atoms with van der Waals surface area (Å²) in [5, 5.41) is 16.1. The Bertz CT molecular complexity index is 1050. The van der Waals surface area contributed by atoms with Gasteiger partial charge in [-0.25, -0.2) is 4.98 Å². The molecule has 0 bridgehead atoms. The summed E-state index contributed by atoms with van der Waals surface area (Å²) < 4.78 is 0. The first kappa shape index (κ1) is 36.3. The summed E-state index contributed by atoms with van der Waals surface area (Å²) in [4.78, 5) is 25.6. The molecule has 1 heterocycles. The molecule has 1 radical (unpaired) electrons.